The molecular weight excluding hydrogens is 503 g/mol. The molecule has 3 rings (SSSR count). The maximum absolute atomic E-state index is 12.8. The molecule has 0 unspecified atom stereocenters. The van der Waals surface area contributed by atoms with E-state index in [0.29, 0.717) is 6.07 Å². The van der Waals surface area contributed by atoms with Crippen LogP contribution in [-0.2, 0) is 9.84 Å². The molecule has 0 aliphatic carbocycles. The first kappa shape index (κ1) is 25.2. The van der Waals surface area contributed by atoms with Crippen LogP contribution in [0.1, 0.15) is 29.1 Å². The van der Waals surface area contributed by atoms with Crippen molar-refractivity contribution in [3.05, 3.63) is 47.0 Å². The number of alkyl halides is 3. The van der Waals surface area contributed by atoms with Gasteiger partial charge in [0.15, 0.2) is 15.7 Å². The fourth-order valence-electron chi connectivity index (χ4n) is 2.73. The number of halogens is 4. The number of carbonyl (C=O) groups is 1. The zero-order valence-electron chi connectivity index (χ0n) is 17.8. The topological polar surface area (TPSA) is 141 Å². The van der Waals surface area contributed by atoms with E-state index >= 15 is 0 Å². The molecule has 0 fully saturated rings. The lowest BCUT2D eigenvalue weighted by Gasteiger charge is -2.15. The van der Waals surface area contributed by atoms with E-state index in [1.165, 1.54) is 24.0 Å². The number of hydrogen-bond acceptors (Lipinski definition) is 9. The van der Waals surface area contributed by atoms with Gasteiger partial charge in [0.2, 0.25) is 5.95 Å². The third kappa shape index (κ3) is 6.11. The highest BCUT2D eigenvalue weighted by Crippen LogP contribution is 2.27. The third-order valence-electron chi connectivity index (χ3n) is 4.19. The Bertz CT molecular complexity index is 1310. The molecule has 0 spiro atoms. The zero-order chi connectivity index (χ0) is 25.3. The van der Waals surface area contributed by atoms with Crippen LogP contribution < -0.4 is 15.4 Å². The van der Waals surface area contributed by atoms with Crippen molar-refractivity contribution in [3.63, 3.8) is 0 Å². The number of sulfone groups is 1. The van der Waals surface area contributed by atoms with Crippen LogP contribution in [0.15, 0.2) is 35.5 Å². The van der Waals surface area contributed by atoms with Crippen molar-refractivity contribution < 1.29 is 31.1 Å². The van der Waals surface area contributed by atoms with Gasteiger partial charge in [-0.3, -0.25) is 4.79 Å². The summed E-state index contributed by atoms with van der Waals surface area (Å²) < 4.78 is 66.9. The van der Waals surface area contributed by atoms with E-state index in [-0.39, 0.29) is 28.3 Å². The number of anilines is 1. The maximum atomic E-state index is 12.8. The molecule has 1 atom stereocenters. The van der Waals surface area contributed by atoms with Crippen LogP contribution in [0.25, 0.3) is 5.95 Å². The Balaban J connectivity index is 1.95. The normalized spacial score (nSPS) is 12.8. The van der Waals surface area contributed by atoms with Gasteiger partial charge in [-0.1, -0.05) is 11.6 Å². The molecule has 0 aliphatic heterocycles. The minimum absolute atomic E-state index is 0.0921. The van der Waals surface area contributed by atoms with Gasteiger partial charge in [-0.15, -0.1) is 18.3 Å². The van der Waals surface area contributed by atoms with Crippen LogP contribution in [0, 0.1) is 0 Å². The maximum Gasteiger partial charge on any atom is 0.573 e. The molecule has 16 heteroatoms. The van der Waals surface area contributed by atoms with Gasteiger partial charge in [-0.05, 0) is 25.1 Å². The summed E-state index contributed by atoms with van der Waals surface area (Å²) in [5, 5.41) is 9.73. The summed E-state index contributed by atoms with van der Waals surface area (Å²) in [6.07, 6.45) is -1.64. The zero-order valence-corrected chi connectivity index (χ0v) is 19.3. The molecule has 11 nitrogen and oxygen atoms in total. The quantitative estimate of drug-likeness (QED) is 0.481. The Labute approximate surface area is 196 Å². The minimum atomic E-state index is -5.09. The summed E-state index contributed by atoms with van der Waals surface area (Å²) in [6, 6.07) is 1.52. The van der Waals surface area contributed by atoms with E-state index in [2.05, 4.69) is 35.4 Å². The van der Waals surface area contributed by atoms with Crippen molar-refractivity contribution in [2.24, 2.45) is 0 Å². The molecule has 0 bridgehead atoms. The number of carbonyl (C=O) groups excluding carboxylic acids is 1. The molecule has 0 saturated carbocycles. The van der Waals surface area contributed by atoms with Gasteiger partial charge >= 0.3 is 6.36 Å². The summed E-state index contributed by atoms with van der Waals surface area (Å²) >= 11 is 5.81. The molecule has 1 amide bonds. The number of aromatic nitrogens is 5. The van der Waals surface area contributed by atoms with E-state index in [4.69, 9.17) is 11.6 Å². The molecule has 0 aliphatic rings. The van der Waals surface area contributed by atoms with Gasteiger partial charge in [0.05, 0.1) is 28.4 Å². The van der Waals surface area contributed by atoms with Crippen LogP contribution in [0.5, 0.6) is 5.75 Å². The molecule has 1 aromatic carbocycles. The number of amides is 1. The van der Waals surface area contributed by atoms with E-state index in [1.807, 2.05) is 0 Å². The first-order valence-corrected chi connectivity index (χ1v) is 11.6. The Morgan fingerprint density at radius 3 is 2.41 bits per heavy atom. The van der Waals surface area contributed by atoms with Crippen molar-refractivity contribution in [3.8, 4) is 11.7 Å². The Morgan fingerprint density at radius 1 is 1.21 bits per heavy atom. The molecule has 182 valence electrons. The average Bonchev–Trinajstić information content (AvgIpc) is 3.17. The van der Waals surface area contributed by atoms with E-state index in [9.17, 15) is 26.4 Å². The Kier molecular flexibility index (Phi) is 6.97. The summed E-state index contributed by atoms with van der Waals surface area (Å²) in [7, 11) is -2.39. The number of nitrogens with zero attached hydrogens (tertiary/aromatic N) is 5. The fraction of sp³-hybridized carbons (Fsp3) is 0.278. The first-order valence-electron chi connectivity index (χ1n) is 9.31. The number of ether oxygens (including phenoxy) is 1. The first-order chi connectivity index (χ1) is 15.8. The summed E-state index contributed by atoms with van der Waals surface area (Å²) in [4.78, 5) is 24.6. The molecular formula is C18H17ClF3N7O4S. The predicted octanol–water partition coefficient (Wildman–Crippen LogP) is 2.55. The second-order valence-electron chi connectivity index (χ2n) is 6.86. The smallest absolute Gasteiger partial charge is 0.406 e. The third-order valence-corrected chi connectivity index (χ3v) is 5.48. The highest BCUT2D eigenvalue weighted by Gasteiger charge is 2.32. The van der Waals surface area contributed by atoms with Gasteiger partial charge in [0, 0.05) is 18.9 Å². The lowest BCUT2D eigenvalue weighted by atomic mass is 10.2. The Morgan fingerprint density at radius 2 is 1.85 bits per heavy atom. The number of nitrogens with one attached hydrogen (secondary N) is 2. The lowest BCUT2D eigenvalue weighted by molar-refractivity contribution is -0.274. The standard InChI is InChI=1S/C18H17ClF3N7O4S/c1-9(14-27-16(23-2)28-29(14)17-24-7-11(19)8-25-17)26-15(30)10-4-12(33-18(20,21)22)6-13(5-10)34(3,31)32/h4-9H,1-3H3,(H,23,28)(H,26,30)/t9-/m0/s1. The van der Waals surface area contributed by atoms with Crippen molar-refractivity contribution in [1.29, 1.82) is 0 Å². The van der Waals surface area contributed by atoms with Crippen LogP contribution in [0.3, 0.4) is 0 Å². The van der Waals surface area contributed by atoms with E-state index in [0.717, 1.165) is 18.4 Å². The predicted molar refractivity (Wildman–Crippen MR) is 114 cm³/mol. The molecule has 2 heterocycles. The second kappa shape index (κ2) is 9.42. The van der Waals surface area contributed by atoms with Gasteiger partial charge in [-0.2, -0.15) is 9.67 Å². The number of rotatable bonds is 7. The molecule has 3 aromatic rings. The van der Waals surface area contributed by atoms with Gasteiger partial charge in [-0.25, -0.2) is 18.4 Å². The van der Waals surface area contributed by atoms with E-state index < -0.39 is 38.8 Å². The number of hydrogen-bond donors (Lipinski definition) is 2. The second-order valence-corrected chi connectivity index (χ2v) is 9.32. The summed E-state index contributed by atoms with van der Waals surface area (Å²) in [5.41, 5.74) is -0.378. The molecule has 2 N–H and O–H groups in total. The highest BCUT2D eigenvalue weighted by molar-refractivity contribution is 7.90. The van der Waals surface area contributed by atoms with Crippen LogP contribution in [-0.4, -0.2) is 58.7 Å². The summed E-state index contributed by atoms with van der Waals surface area (Å²) in [5.74, 6) is -1.30. The van der Waals surface area contributed by atoms with Crippen molar-refractivity contribution in [1.82, 2.24) is 30.0 Å². The van der Waals surface area contributed by atoms with Gasteiger partial charge in [0.1, 0.15) is 5.75 Å². The molecule has 0 radical (unpaired) electrons. The van der Waals surface area contributed by atoms with Crippen LogP contribution in [0.2, 0.25) is 5.02 Å². The molecule has 2 aromatic heterocycles. The van der Waals surface area contributed by atoms with Gasteiger partial charge < -0.3 is 15.4 Å². The minimum Gasteiger partial charge on any atom is -0.406 e. The monoisotopic (exact) mass is 519 g/mol. The molecule has 0 saturated heterocycles. The summed E-state index contributed by atoms with van der Waals surface area (Å²) in [6.45, 7) is 1.53. The van der Waals surface area contributed by atoms with Crippen molar-refractivity contribution >= 4 is 33.3 Å². The SMILES string of the molecule is CNc1nc([C@H](C)NC(=O)c2cc(OC(F)(F)F)cc(S(C)(=O)=O)c2)n(-c2ncc(Cl)cn2)n1. The van der Waals surface area contributed by atoms with Crippen LogP contribution in [0.4, 0.5) is 19.1 Å². The lowest BCUT2D eigenvalue weighted by Crippen LogP contribution is -2.29. The highest BCUT2D eigenvalue weighted by atomic mass is 35.5. The average molecular weight is 520 g/mol. The largest absolute Gasteiger partial charge is 0.573 e. The Hall–Kier alpha value is -3.46. The molecule has 34 heavy (non-hydrogen) atoms. The fourth-order valence-corrected chi connectivity index (χ4v) is 3.50. The van der Waals surface area contributed by atoms with Crippen molar-refractivity contribution in [2.45, 2.75) is 24.2 Å². The van der Waals surface area contributed by atoms with E-state index in [1.54, 1.807) is 7.05 Å². The van der Waals surface area contributed by atoms with Crippen LogP contribution >= 0.6 is 11.6 Å². The number of benzene rings is 1. The van der Waals surface area contributed by atoms with Crippen molar-refractivity contribution in [2.75, 3.05) is 18.6 Å². The van der Waals surface area contributed by atoms with Gasteiger partial charge in [0.25, 0.3) is 11.9 Å².